The summed E-state index contributed by atoms with van der Waals surface area (Å²) in [6.07, 6.45) is 4.57. The van der Waals surface area contributed by atoms with Crippen LogP contribution in [0, 0.1) is 17.8 Å². The number of esters is 1. The number of rotatable bonds is 7. The highest BCUT2D eigenvalue weighted by Gasteiger charge is 2.51. The fourth-order valence-electron chi connectivity index (χ4n) is 8.40. The van der Waals surface area contributed by atoms with Gasteiger partial charge in [-0.1, -0.05) is 32.9 Å². The highest BCUT2D eigenvalue weighted by atomic mass is 16.7. The van der Waals surface area contributed by atoms with E-state index in [9.17, 15) is 20.1 Å². The highest BCUT2D eigenvalue weighted by Crippen LogP contribution is 2.39. The van der Waals surface area contributed by atoms with Crippen molar-refractivity contribution in [3.05, 3.63) is 48.5 Å². The Labute approximate surface area is 311 Å². The molecule has 5 rings (SSSR count). The number of aliphatic hydroxyl groups is 3. The van der Waals surface area contributed by atoms with Crippen molar-refractivity contribution in [1.82, 2.24) is 14.8 Å². The number of likely N-dealkylation sites (N-methyl/N-ethyl adjacent to an activating group) is 1. The van der Waals surface area contributed by atoms with Crippen molar-refractivity contribution in [3.8, 4) is 0 Å². The molecule has 12 heteroatoms. The van der Waals surface area contributed by atoms with Gasteiger partial charge < -0.3 is 43.9 Å². The van der Waals surface area contributed by atoms with Gasteiger partial charge in [-0.05, 0) is 98.2 Å². The number of hydrogen-bond acceptors (Lipinski definition) is 12. The third kappa shape index (κ3) is 10.0. The predicted octanol–water partition coefficient (Wildman–Crippen LogP) is 4.03. The molecule has 1 aromatic rings. The van der Waals surface area contributed by atoms with E-state index in [0.717, 1.165) is 5.69 Å². The molecule has 0 aliphatic carbocycles. The maximum atomic E-state index is 13.8. The summed E-state index contributed by atoms with van der Waals surface area (Å²) in [5, 5.41) is 35.7. The number of pyridine rings is 1. The zero-order valence-electron chi connectivity index (χ0n) is 32.9. The summed E-state index contributed by atoms with van der Waals surface area (Å²) in [6.45, 7) is 16.3. The second-order valence-electron chi connectivity index (χ2n) is 16.0. The molecule has 3 N–H and O–H groups in total. The molecule has 5 heterocycles. The van der Waals surface area contributed by atoms with E-state index in [0.29, 0.717) is 32.4 Å². The van der Waals surface area contributed by atoms with Gasteiger partial charge in [0.25, 0.3) is 0 Å². The number of fused-ring (bicyclic) bond motifs is 14. The summed E-state index contributed by atoms with van der Waals surface area (Å²) >= 11 is 0. The summed E-state index contributed by atoms with van der Waals surface area (Å²) in [5.41, 5.74) is -1.81. The van der Waals surface area contributed by atoms with Gasteiger partial charge in [0.15, 0.2) is 6.29 Å². The SMILES string of the molecule is CC[C@H]1OC(=O)C(C)C(O)[C@H](C)[C@@H](O[C@@H]2O[C@H](C)C[C@H](N(C)C)[C@H]2O)[C@@]2(C)C[C@@H](C)CN(C/C=C/c3ccccn3)[C@H](C)[C@H](O/C=C/CO2)[C@]1(C)O. The molecule has 2 unspecified atom stereocenters. The van der Waals surface area contributed by atoms with Gasteiger partial charge in [-0.2, -0.15) is 0 Å². The van der Waals surface area contributed by atoms with Crippen molar-refractivity contribution in [3.63, 3.8) is 0 Å². The highest BCUT2D eigenvalue weighted by molar-refractivity contribution is 5.73. The Hall–Kier alpha value is -2.42. The normalized spacial score (nSPS) is 42.4. The van der Waals surface area contributed by atoms with Crippen LogP contribution >= 0.6 is 0 Å². The Balaban J connectivity index is 1.83. The monoisotopic (exact) mass is 731 g/mol. The van der Waals surface area contributed by atoms with Gasteiger partial charge in [-0.3, -0.25) is 14.7 Å². The summed E-state index contributed by atoms with van der Waals surface area (Å²) in [4.78, 5) is 22.5. The number of aromatic nitrogens is 1. The number of aliphatic hydroxyl groups excluding tert-OH is 2. The molecule has 4 aliphatic rings. The van der Waals surface area contributed by atoms with Crippen molar-refractivity contribution in [2.45, 2.75) is 141 Å². The molecule has 2 fully saturated rings. The smallest absolute Gasteiger partial charge is 0.311 e. The van der Waals surface area contributed by atoms with Gasteiger partial charge in [0.05, 0.1) is 48.4 Å². The average Bonchev–Trinajstić information content (AvgIpc) is 3.09. The lowest BCUT2D eigenvalue weighted by atomic mass is 9.77. The minimum atomic E-state index is -1.61. The predicted molar refractivity (Wildman–Crippen MR) is 199 cm³/mol. The minimum absolute atomic E-state index is 0.00759. The van der Waals surface area contributed by atoms with Crippen molar-refractivity contribution >= 4 is 12.0 Å². The number of hydrogen-bond donors (Lipinski definition) is 3. The zero-order valence-corrected chi connectivity index (χ0v) is 32.9. The lowest BCUT2D eigenvalue weighted by Crippen LogP contribution is -2.60. The van der Waals surface area contributed by atoms with E-state index in [1.54, 1.807) is 32.4 Å². The van der Waals surface area contributed by atoms with Crippen LogP contribution in [0.15, 0.2) is 42.8 Å². The lowest BCUT2D eigenvalue weighted by molar-refractivity contribution is -0.303. The van der Waals surface area contributed by atoms with Gasteiger partial charge >= 0.3 is 5.97 Å². The van der Waals surface area contributed by atoms with Crippen LogP contribution in [0.1, 0.15) is 80.3 Å². The van der Waals surface area contributed by atoms with Crippen LogP contribution in [0.3, 0.4) is 0 Å². The largest absolute Gasteiger partial charge is 0.493 e. The second kappa shape index (κ2) is 18.3. The third-order valence-electron chi connectivity index (χ3n) is 11.4. The lowest BCUT2D eigenvalue weighted by Gasteiger charge is -2.48. The first kappa shape index (κ1) is 42.3. The first-order valence-electron chi connectivity index (χ1n) is 19.0. The molecule has 4 aliphatic heterocycles. The molecule has 294 valence electrons. The summed E-state index contributed by atoms with van der Waals surface area (Å²) in [5.74, 6) is -2.28. The molecule has 0 saturated carbocycles. The zero-order chi connectivity index (χ0) is 38.4. The maximum Gasteiger partial charge on any atom is 0.311 e. The van der Waals surface area contributed by atoms with Gasteiger partial charge in [-0.15, -0.1) is 0 Å². The summed E-state index contributed by atoms with van der Waals surface area (Å²) < 4.78 is 32.3. The van der Waals surface area contributed by atoms with Gasteiger partial charge in [0.2, 0.25) is 0 Å². The molecule has 0 spiro atoms. The molecule has 12 nitrogen and oxygen atoms in total. The molecule has 2 bridgehead atoms. The van der Waals surface area contributed by atoms with Crippen LogP contribution < -0.4 is 0 Å². The first-order valence-corrected chi connectivity index (χ1v) is 19.0. The van der Waals surface area contributed by atoms with Crippen LogP contribution in [0.2, 0.25) is 0 Å². The van der Waals surface area contributed by atoms with Crippen molar-refractivity contribution in [2.24, 2.45) is 17.8 Å². The van der Waals surface area contributed by atoms with Crippen LogP contribution in [-0.2, 0) is 28.5 Å². The second-order valence-corrected chi connectivity index (χ2v) is 16.0. The molecule has 52 heavy (non-hydrogen) atoms. The Bertz CT molecular complexity index is 1330. The topological polar surface area (TPSA) is 143 Å². The van der Waals surface area contributed by atoms with E-state index in [-0.39, 0.29) is 30.7 Å². The number of carbonyl (C=O) groups excluding carboxylic acids is 1. The molecular weight excluding hydrogens is 666 g/mol. The van der Waals surface area contributed by atoms with Crippen molar-refractivity contribution in [1.29, 1.82) is 0 Å². The van der Waals surface area contributed by atoms with Gasteiger partial charge in [0, 0.05) is 37.3 Å². The van der Waals surface area contributed by atoms with E-state index >= 15 is 0 Å². The van der Waals surface area contributed by atoms with E-state index in [4.69, 9.17) is 23.7 Å². The van der Waals surface area contributed by atoms with Crippen molar-refractivity contribution in [2.75, 3.05) is 33.8 Å². The van der Waals surface area contributed by atoms with E-state index in [1.165, 1.54) is 0 Å². The van der Waals surface area contributed by atoms with Crippen LogP contribution in [-0.4, -0.2) is 136 Å². The Morgan fingerprint density at radius 2 is 1.85 bits per heavy atom. The van der Waals surface area contributed by atoms with Crippen molar-refractivity contribution < 1.29 is 43.8 Å². The quantitative estimate of drug-likeness (QED) is 0.349. The maximum absolute atomic E-state index is 13.8. The van der Waals surface area contributed by atoms with Crippen LogP contribution in [0.4, 0.5) is 0 Å². The Morgan fingerprint density at radius 1 is 1.12 bits per heavy atom. The third-order valence-corrected chi connectivity index (χ3v) is 11.4. The molecule has 0 amide bonds. The van der Waals surface area contributed by atoms with E-state index in [2.05, 4.69) is 22.9 Å². The number of ether oxygens (including phenoxy) is 5. The van der Waals surface area contributed by atoms with Gasteiger partial charge in [-0.25, -0.2) is 0 Å². The van der Waals surface area contributed by atoms with Crippen LogP contribution in [0.5, 0.6) is 0 Å². The van der Waals surface area contributed by atoms with E-state index in [1.807, 2.05) is 77.9 Å². The molecular formula is C40H65N3O9. The standard InChI is InChI=1S/C40H65N3O9/c1-11-32-40(8,47)36-29(6)43(19-14-17-30-16-12-13-18-41-30)24-25(2)23-39(7,49-21-15-20-48-36)35(27(4)33(44)28(5)37(46)51-32)52-38-34(45)31(42(9)10)22-26(3)50-38/h12-18,20,25-29,31-36,38,44-45,47H,11,19,21-24H2,1-10H3/b17-14+,20-15+/t25-,26-,27+,28?,29-,31+,32-,33?,34-,35-,36+,38+,39-,40-/m1/s1. The summed E-state index contributed by atoms with van der Waals surface area (Å²) in [6, 6.07) is 5.20. The number of nitrogens with zero attached hydrogens (tertiary/aromatic N) is 3. The van der Waals surface area contributed by atoms with E-state index < -0.39 is 65.8 Å². The summed E-state index contributed by atoms with van der Waals surface area (Å²) in [7, 11) is 3.84. The molecule has 1 aromatic heterocycles. The van der Waals surface area contributed by atoms with Crippen LogP contribution in [0.25, 0.3) is 6.08 Å². The molecule has 2 saturated heterocycles. The molecule has 0 radical (unpaired) electrons. The minimum Gasteiger partial charge on any atom is -0.493 e. The Kier molecular flexibility index (Phi) is 14.9. The Morgan fingerprint density at radius 3 is 2.50 bits per heavy atom. The van der Waals surface area contributed by atoms with Gasteiger partial charge in [0.1, 0.15) is 23.9 Å². The number of carbonyl (C=O) groups is 1. The molecule has 0 aromatic carbocycles. The fraction of sp³-hybridized carbons (Fsp3) is 0.750. The first-order chi connectivity index (χ1) is 24.5. The fourth-order valence-corrected chi connectivity index (χ4v) is 8.40. The molecule has 14 atom stereocenters. The average molecular weight is 732 g/mol.